The summed E-state index contributed by atoms with van der Waals surface area (Å²) >= 11 is 0. The summed E-state index contributed by atoms with van der Waals surface area (Å²) in [5.41, 5.74) is 2.03. The second-order valence-corrected chi connectivity index (χ2v) is 8.57. The molecule has 0 spiro atoms. The number of aromatic nitrogens is 3. The van der Waals surface area contributed by atoms with Crippen molar-refractivity contribution in [1.29, 1.82) is 0 Å². The van der Waals surface area contributed by atoms with Gasteiger partial charge in [-0.3, -0.25) is 9.98 Å². The smallest absolute Gasteiger partial charge is 0.242 e. The monoisotopic (exact) mass is 569 g/mol. The molecule has 1 aromatic carbocycles. The predicted molar refractivity (Wildman–Crippen MR) is 136 cm³/mol. The van der Waals surface area contributed by atoms with E-state index in [0.717, 1.165) is 11.3 Å². The summed E-state index contributed by atoms with van der Waals surface area (Å²) in [5.74, 6) is 0.690. The molecular weight excluding hydrogens is 541 g/mol. The highest BCUT2D eigenvalue weighted by atomic mass is 127. The van der Waals surface area contributed by atoms with Gasteiger partial charge in [-0.1, -0.05) is 18.2 Å². The van der Waals surface area contributed by atoms with Crippen molar-refractivity contribution >= 4 is 40.0 Å². The third kappa shape index (κ3) is 7.28. The Morgan fingerprint density at radius 2 is 1.94 bits per heavy atom. The van der Waals surface area contributed by atoms with Crippen molar-refractivity contribution in [3.8, 4) is 5.69 Å². The third-order valence-corrected chi connectivity index (χ3v) is 5.83. The summed E-state index contributed by atoms with van der Waals surface area (Å²) in [7, 11) is -1.66. The van der Waals surface area contributed by atoms with Gasteiger partial charge in [0.15, 0.2) is 5.96 Å². The van der Waals surface area contributed by atoms with Gasteiger partial charge in [-0.15, -0.1) is 24.0 Å². The lowest BCUT2D eigenvalue weighted by Gasteiger charge is -2.21. The quantitative estimate of drug-likeness (QED) is 0.177. The Labute approximate surface area is 206 Å². The second-order valence-electron chi connectivity index (χ2n) is 6.81. The van der Waals surface area contributed by atoms with E-state index in [1.54, 1.807) is 6.07 Å². The van der Waals surface area contributed by atoms with Crippen LogP contribution in [0.5, 0.6) is 0 Å². The van der Waals surface area contributed by atoms with Gasteiger partial charge in [0, 0.05) is 50.8 Å². The van der Waals surface area contributed by atoms with E-state index in [-0.39, 0.29) is 35.4 Å². The van der Waals surface area contributed by atoms with Gasteiger partial charge >= 0.3 is 0 Å². The van der Waals surface area contributed by atoms with E-state index >= 15 is 0 Å². The number of rotatable bonds is 9. The van der Waals surface area contributed by atoms with E-state index < -0.39 is 10.0 Å². The highest BCUT2D eigenvalue weighted by Gasteiger charge is 2.13. The average Bonchev–Trinajstić information content (AvgIpc) is 3.25. The second kappa shape index (κ2) is 12.5. The fraction of sp³-hybridized carbons (Fsp3) is 0.286. The number of hydrogen-bond donors (Lipinski definition) is 2. The van der Waals surface area contributed by atoms with Crippen LogP contribution in [0.1, 0.15) is 12.5 Å². The van der Waals surface area contributed by atoms with Gasteiger partial charge in [-0.2, -0.15) is 5.10 Å². The minimum Gasteiger partial charge on any atom is -0.357 e. The molecule has 2 N–H and O–H groups in total. The molecule has 0 aliphatic rings. The highest BCUT2D eigenvalue weighted by molar-refractivity contribution is 14.0. The number of guanidine groups is 1. The van der Waals surface area contributed by atoms with Crippen LogP contribution in [0.4, 0.5) is 0 Å². The zero-order valence-corrected chi connectivity index (χ0v) is 21.2. The normalized spacial score (nSPS) is 11.6. The van der Waals surface area contributed by atoms with Gasteiger partial charge in [-0.25, -0.2) is 17.8 Å². The summed E-state index contributed by atoms with van der Waals surface area (Å²) in [5, 5.41) is 7.66. The molecule has 0 unspecified atom stereocenters. The van der Waals surface area contributed by atoms with Gasteiger partial charge in [0.05, 0.1) is 18.4 Å². The summed E-state index contributed by atoms with van der Waals surface area (Å²) in [4.78, 5) is 10.5. The number of benzene rings is 1. The van der Waals surface area contributed by atoms with Crippen LogP contribution in [-0.4, -0.2) is 60.7 Å². The minimum absolute atomic E-state index is 0. The Kier molecular flexibility index (Phi) is 10.1. The molecule has 0 amide bonds. The van der Waals surface area contributed by atoms with Crippen molar-refractivity contribution in [2.24, 2.45) is 4.99 Å². The lowest BCUT2D eigenvalue weighted by Crippen LogP contribution is -2.39. The van der Waals surface area contributed by atoms with E-state index in [1.807, 2.05) is 66.3 Å². The first kappa shape index (κ1) is 25.7. The lowest BCUT2D eigenvalue weighted by atomic mass is 10.3. The number of nitrogens with zero attached hydrogens (tertiary/aromatic N) is 5. The van der Waals surface area contributed by atoms with Crippen LogP contribution in [0.2, 0.25) is 0 Å². The van der Waals surface area contributed by atoms with E-state index in [4.69, 9.17) is 0 Å². The van der Waals surface area contributed by atoms with Gasteiger partial charge in [0.1, 0.15) is 4.90 Å². The average molecular weight is 569 g/mol. The SMILES string of the molecule is CCNC(=NCCNS(=O)(=O)c1cccnc1)N(C)Cc1cnn(-c2ccccc2)c1.I. The van der Waals surface area contributed by atoms with Crippen molar-refractivity contribution in [2.45, 2.75) is 18.4 Å². The zero-order valence-electron chi connectivity index (χ0n) is 18.0. The number of sulfonamides is 1. The van der Waals surface area contributed by atoms with Crippen molar-refractivity contribution in [3.63, 3.8) is 0 Å². The van der Waals surface area contributed by atoms with Crippen LogP contribution in [-0.2, 0) is 16.6 Å². The van der Waals surface area contributed by atoms with Gasteiger partial charge < -0.3 is 10.2 Å². The van der Waals surface area contributed by atoms with Crippen LogP contribution < -0.4 is 10.0 Å². The van der Waals surface area contributed by atoms with E-state index in [2.05, 4.69) is 25.1 Å². The fourth-order valence-corrected chi connectivity index (χ4v) is 3.90. The summed E-state index contributed by atoms with van der Waals surface area (Å²) < 4.78 is 28.9. The van der Waals surface area contributed by atoms with E-state index in [0.29, 0.717) is 25.6 Å². The van der Waals surface area contributed by atoms with Crippen molar-refractivity contribution in [2.75, 3.05) is 26.7 Å². The van der Waals surface area contributed by atoms with Gasteiger partial charge in [0.25, 0.3) is 0 Å². The third-order valence-electron chi connectivity index (χ3n) is 4.38. The van der Waals surface area contributed by atoms with Crippen LogP contribution in [0.25, 0.3) is 5.69 Å². The zero-order chi connectivity index (χ0) is 22.1. The van der Waals surface area contributed by atoms with Crippen LogP contribution >= 0.6 is 24.0 Å². The maximum Gasteiger partial charge on any atom is 0.242 e. The Morgan fingerprint density at radius 1 is 1.16 bits per heavy atom. The topological polar surface area (TPSA) is 105 Å². The molecule has 172 valence electrons. The number of pyridine rings is 1. The largest absolute Gasteiger partial charge is 0.357 e. The van der Waals surface area contributed by atoms with Crippen molar-refractivity contribution < 1.29 is 8.42 Å². The van der Waals surface area contributed by atoms with E-state index in [1.165, 1.54) is 18.5 Å². The molecule has 0 saturated carbocycles. The molecule has 0 atom stereocenters. The first-order chi connectivity index (χ1) is 15.0. The molecule has 0 bridgehead atoms. The molecule has 2 heterocycles. The minimum atomic E-state index is -3.59. The molecular formula is C21H28IN7O2S. The number of nitrogens with one attached hydrogen (secondary N) is 2. The Balaban J connectivity index is 0.00000363. The molecule has 0 saturated heterocycles. The first-order valence-corrected chi connectivity index (χ1v) is 11.5. The molecule has 3 aromatic rings. The molecule has 2 aromatic heterocycles. The summed E-state index contributed by atoms with van der Waals surface area (Å²) in [6, 6.07) is 13.0. The first-order valence-electron chi connectivity index (χ1n) is 9.97. The maximum absolute atomic E-state index is 12.3. The molecule has 9 nitrogen and oxygen atoms in total. The van der Waals surface area contributed by atoms with Crippen LogP contribution in [0.15, 0.2) is 77.1 Å². The molecule has 0 radical (unpaired) electrons. The van der Waals surface area contributed by atoms with Crippen LogP contribution in [0, 0.1) is 0 Å². The summed E-state index contributed by atoms with van der Waals surface area (Å²) in [6.45, 7) is 3.79. The Hall–Kier alpha value is -2.51. The highest BCUT2D eigenvalue weighted by Crippen LogP contribution is 2.09. The lowest BCUT2D eigenvalue weighted by molar-refractivity contribution is 0.477. The number of halogens is 1. The molecule has 32 heavy (non-hydrogen) atoms. The number of hydrogen-bond acceptors (Lipinski definition) is 5. The van der Waals surface area contributed by atoms with Gasteiger partial charge in [-0.05, 0) is 31.2 Å². The van der Waals surface area contributed by atoms with E-state index in [9.17, 15) is 8.42 Å². The standard InChI is InChI=1S/C21H27N7O2S.HI/c1-3-23-21(24-12-13-26-31(29,30)20-10-7-11-22-15-20)27(2)16-18-14-25-28(17-18)19-8-5-4-6-9-19;/h4-11,14-15,17,26H,3,12-13,16H2,1-2H3,(H,23,24);1H. The van der Waals surface area contributed by atoms with Crippen LogP contribution in [0.3, 0.4) is 0 Å². The maximum atomic E-state index is 12.3. The Bertz CT molecular complexity index is 1090. The van der Waals surface area contributed by atoms with Crippen molar-refractivity contribution in [3.05, 3.63) is 72.8 Å². The molecule has 11 heteroatoms. The predicted octanol–water partition coefficient (Wildman–Crippen LogP) is 2.26. The fourth-order valence-electron chi connectivity index (χ4n) is 2.91. The number of para-hydroxylation sites is 1. The molecule has 3 rings (SSSR count). The van der Waals surface area contributed by atoms with Gasteiger partial charge in [0.2, 0.25) is 10.0 Å². The molecule has 0 aliphatic carbocycles. The molecule has 0 aliphatic heterocycles. The molecule has 0 fully saturated rings. The van der Waals surface area contributed by atoms with Crippen molar-refractivity contribution in [1.82, 2.24) is 29.7 Å². The Morgan fingerprint density at radius 3 is 2.62 bits per heavy atom. The summed E-state index contributed by atoms with van der Waals surface area (Å²) in [6.07, 6.45) is 6.66. The number of aliphatic imine (C=N–C) groups is 1.